The van der Waals surface area contributed by atoms with Gasteiger partial charge in [0.2, 0.25) is 0 Å². The number of nitrogens with zero attached hydrogens (tertiary/aromatic N) is 2. The van der Waals surface area contributed by atoms with Crippen molar-refractivity contribution in [2.24, 2.45) is 0 Å². The maximum atomic E-state index is 12.4. The Bertz CT molecular complexity index is 543. The smallest absolute Gasteiger partial charge is 0.424 e. The summed E-state index contributed by atoms with van der Waals surface area (Å²) in [5.74, 6) is 0.384. The molecule has 3 nitrogen and oxygen atoms in total. The molecular weight excluding hydrogens is 360 g/mol. The highest BCUT2D eigenvalue weighted by Gasteiger charge is 2.33. The summed E-state index contributed by atoms with van der Waals surface area (Å²) in [6, 6.07) is 7.26. The summed E-state index contributed by atoms with van der Waals surface area (Å²) in [4.78, 5) is 6.94. The number of rotatable bonds is 2. The minimum atomic E-state index is -4.51. The second kappa shape index (κ2) is 5.09. The third-order valence-corrected chi connectivity index (χ3v) is 2.67. The first-order valence-electron chi connectivity index (χ1n) is 4.79. The third-order valence-electron chi connectivity index (χ3n) is 1.95. The van der Waals surface area contributed by atoms with Crippen LogP contribution in [0.4, 0.5) is 13.2 Å². The molecule has 0 aliphatic carbocycles. The van der Waals surface area contributed by atoms with Gasteiger partial charge in [0.05, 0.1) is 0 Å². The van der Waals surface area contributed by atoms with E-state index in [1.54, 1.807) is 24.3 Å². The van der Waals surface area contributed by atoms with E-state index in [0.717, 1.165) is 15.8 Å². The van der Waals surface area contributed by atoms with Crippen LogP contribution in [0.5, 0.6) is 11.8 Å². The summed E-state index contributed by atoms with van der Waals surface area (Å²) in [6.45, 7) is 0. The molecule has 0 atom stereocenters. The molecule has 1 heterocycles. The second-order valence-corrected chi connectivity index (χ2v) is 4.52. The van der Waals surface area contributed by atoms with Gasteiger partial charge in [0, 0.05) is 9.77 Å². The molecule has 18 heavy (non-hydrogen) atoms. The van der Waals surface area contributed by atoms with Crippen molar-refractivity contribution in [3.63, 3.8) is 0 Å². The van der Waals surface area contributed by atoms with Gasteiger partial charge in [-0.3, -0.25) is 0 Å². The van der Waals surface area contributed by atoms with E-state index in [-0.39, 0.29) is 6.01 Å². The van der Waals surface area contributed by atoms with E-state index >= 15 is 0 Å². The van der Waals surface area contributed by atoms with Gasteiger partial charge in [-0.25, -0.2) is 4.98 Å². The predicted molar refractivity (Wildman–Crippen MR) is 66.3 cm³/mol. The molecule has 2 aromatic rings. The van der Waals surface area contributed by atoms with Crippen LogP contribution in [0.2, 0.25) is 0 Å². The lowest BCUT2D eigenvalue weighted by Crippen LogP contribution is -2.08. The number of benzene rings is 1. The molecule has 94 valence electrons. The van der Waals surface area contributed by atoms with Crippen molar-refractivity contribution in [2.75, 3.05) is 0 Å². The minimum Gasteiger partial charge on any atom is -0.424 e. The standard InChI is InChI=1S/C11H6F3IN2O/c12-11(13,14)9-5-6-16-10(17-9)18-8-3-1-7(15)2-4-8/h1-6H. The molecule has 0 saturated heterocycles. The van der Waals surface area contributed by atoms with E-state index in [1.165, 1.54) is 0 Å². The third kappa shape index (κ3) is 3.31. The van der Waals surface area contributed by atoms with Crippen molar-refractivity contribution < 1.29 is 17.9 Å². The van der Waals surface area contributed by atoms with Gasteiger partial charge < -0.3 is 4.74 Å². The molecule has 0 fully saturated rings. The molecule has 1 aromatic heterocycles. The minimum absolute atomic E-state index is 0.328. The van der Waals surface area contributed by atoms with Crippen molar-refractivity contribution in [1.82, 2.24) is 9.97 Å². The number of halogens is 4. The average Bonchev–Trinajstić information content (AvgIpc) is 2.31. The number of aromatic nitrogens is 2. The van der Waals surface area contributed by atoms with Crippen LogP contribution in [0.15, 0.2) is 36.5 Å². The fourth-order valence-electron chi connectivity index (χ4n) is 1.16. The van der Waals surface area contributed by atoms with Crippen LogP contribution in [-0.4, -0.2) is 9.97 Å². The van der Waals surface area contributed by atoms with Crippen molar-refractivity contribution in [2.45, 2.75) is 6.18 Å². The molecule has 0 unspecified atom stereocenters. The van der Waals surface area contributed by atoms with Crippen LogP contribution in [0.3, 0.4) is 0 Å². The molecule has 0 N–H and O–H groups in total. The highest BCUT2D eigenvalue weighted by molar-refractivity contribution is 14.1. The Hall–Kier alpha value is -1.38. The molecule has 0 amide bonds. The van der Waals surface area contributed by atoms with Gasteiger partial charge in [-0.2, -0.15) is 18.2 Å². The van der Waals surface area contributed by atoms with Gasteiger partial charge in [0.1, 0.15) is 5.75 Å². The summed E-state index contributed by atoms with van der Waals surface area (Å²) in [5, 5.41) is 0. The van der Waals surface area contributed by atoms with Crippen molar-refractivity contribution in [1.29, 1.82) is 0 Å². The normalized spacial score (nSPS) is 11.3. The van der Waals surface area contributed by atoms with Crippen LogP contribution in [0.25, 0.3) is 0 Å². The first-order valence-corrected chi connectivity index (χ1v) is 5.87. The summed E-state index contributed by atoms with van der Waals surface area (Å²) in [6.07, 6.45) is -3.50. The first kappa shape index (κ1) is 13.1. The van der Waals surface area contributed by atoms with Gasteiger partial charge in [0.25, 0.3) is 0 Å². The molecule has 0 saturated carbocycles. The second-order valence-electron chi connectivity index (χ2n) is 3.28. The maximum Gasteiger partial charge on any atom is 0.433 e. The van der Waals surface area contributed by atoms with E-state index in [2.05, 4.69) is 32.6 Å². The molecule has 7 heteroatoms. The summed E-state index contributed by atoms with van der Waals surface area (Å²) >= 11 is 2.11. The van der Waals surface area contributed by atoms with Gasteiger partial charge in [-0.15, -0.1) is 0 Å². The molecule has 0 spiro atoms. The molecule has 0 aliphatic rings. The number of hydrogen-bond donors (Lipinski definition) is 0. The Morgan fingerprint density at radius 2 is 1.72 bits per heavy atom. The zero-order valence-corrected chi connectivity index (χ0v) is 10.9. The first-order chi connectivity index (χ1) is 8.45. The van der Waals surface area contributed by atoms with Gasteiger partial charge in [-0.05, 0) is 52.9 Å². The quantitative estimate of drug-likeness (QED) is 0.757. The SMILES string of the molecule is FC(F)(F)c1ccnc(Oc2ccc(I)cc2)n1. The van der Waals surface area contributed by atoms with Gasteiger partial charge in [0.15, 0.2) is 5.69 Å². The number of alkyl halides is 3. The largest absolute Gasteiger partial charge is 0.433 e. The van der Waals surface area contributed by atoms with Gasteiger partial charge >= 0.3 is 12.2 Å². The highest BCUT2D eigenvalue weighted by Crippen LogP contribution is 2.28. The van der Waals surface area contributed by atoms with E-state index in [9.17, 15) is 13.2 Å². The zero-order chi connectivity index (χ0) is 13.2. The van der Waals surface area contributed by atoms with Crippen molar-refractivity contribution >= 4 is 22.6 Å². The van der Waals surface area contributed by atoms with Crippen LogP contribution in [0, 0.1) is 3.57 Å². The summed E-state index contributed by atoms with van der Waals surface area (Å²) < 4.78 is 43.4. The molecule has 1 aromatic carbocycles. The molecular formula is C11H6F3IN2O. The van der Waals surface area contributed by atoms with E-state index < -0.39 is 11.9 Å². The van der Waals surface area contributed by atoms with Crippen LogP contribution in [-0.2, 0) is 6.18 Å². The average molecular weight is 366 g/mol. The fraction of sp³-hybridized carbons (Fsp3) is 0.0909. The van der Waals surface area contributed by atoms with Gasteiger partial charge in [-0.1, -0.05) is 0 Å². The fourth-order valence-corrected chi connectivity index (χ4v) is 1.52. The Morgan fingerprint density at radius 3 is 2.33 bits per heavy atom. The van der Waals surface area contributed by atoms with Crippen molar-refractivity contribution in [3.05, 3.63) is 45.8 Å². The monoisotopic (exact) mass is 366 g/mol. The lowest BCUT2D eigenvalue weighted by Gasteiger charge is -2.07. The molecule has 0 bridgehead atoms. The molecule has 2 rings (SSSR count). The van der Waals surface area contributed by atoms with Crippen molar-refractivity contribution in [3.8, 4) is 11.8 Å². The Balaban J connectivity index is 2.22. The van der Waals surface area contributed by atoms with Crippen LogP contribution >= 0.6 is 22.6 Å². The number of hydrogen-bond acceptors (Lipinski definition) is 3. The molecule has 0 radical (unpaired) electrons. The van der Waals surface area contributed by atoms with E-state index in [4.69, 9.17) is 4.74 Å². The summed E-state index contributed by atoms with van der Waals surface area (Å²) in [5.41, 5.74) is -1.03. The number of ether oxygens (including phenoxy) is 1. The maximum absolute atomic E-state index is 12.4. The lowest BCUT2D eigenvalue weighted by atomic mass is 10.3. The molecule has 0 aliphatic heterocycles. The zero-order valence-electron chi connectivity index (χ0n) is 8.78. The van der Waals surface area contributed by atoms with Crippen LogP contribution in [0.1, 0.15) is 5.69 Å². The van der Waals surface area contributed by atoms with E-state index in [1.807, 2.05) is 0 Å². The Labute approximate surface area is 114 Å². The lowest BCUT2D eigenvalue weighted by molar-refractivity contribution is -0.141. The Kier molecular flexibility index (Phi) is 3.69. The Morgan fingerprint density at radius 1 is 1.06 bits per heavy atom. The van der Waals surface area contributed by atoms with Crippen LogP contribution < -0.4 is 4.74 Å². The topological polar surface area (TPSA) is 35.0 Å². The summed E-state index contributed by atoms with van der Waals surface area (Å²) in [7, 11) is 0. The highest BCUT2D eigenvalue weighted by atomic mass is 127. The van der Waals surface area contributed by atoms with E-state index in [0.29, 0.717) is 5.75 Å². The predicted octanol–water partition coefficient (Wildman–Crippen LogP) is 3.89.